The molecule has 22 heavy (non-hydrogen) atoms. The van der Waals surface area contributed by atoms with Crippen molar-refractivity contribution in [2.75, 3.05) is 13.1 Å². The molecule has 1 aliphatic rings. The van der Waals surface area contributed by atoms with E-state index in [0.717, 1.165) is 5.56 Å². The second kappa shape index (κ2) is 6.55. The monoisotopic (exact) mass is 336 g/mol. The Bertz CT molecular complexity index is 653. The number of hydrogen-bond donors (Lipinski definition) is 0. The van der Waals surface area contributed by atoms with Crippen molar-refractivity contribution < 1.29 is 9.53 Å². The van der Waals surface area contributed by atoms with E-state index in [-0.39, 0.29) is 12.0 Å². The van der Waals surface area contributed by atoms with Crippen molar-refractivity contribution in [2.45, 2.75) is 12.5 Å². The van der Waals surface area contributed by atoms with Crippen LogP contribution in [0.15, 0.2) is 42.6 Å². The first-order valence-corrected chi connectivity index (χ1v) is 7.66. The molecular formula is C16H14Cl2N2O2. The van der Waals surface area contributed by atoms with Crippen LogP contribution in [0.2, 0.25) is 10.0 Å². The summed E-state index contributed by atoms with van der Waals surface area (Å²) in [5.41, 5.74) is 0.957. The van der Waals surface area contributed by atoms with E-state index in [1.807, 2.05) is 12.1 Å². The van der Waals surface area contributed by atoms with Gasteiger partial charge in [0.25, 0.3) is 0 Å². The number of carbonyl (C=O) groups is 1. The van der Waals surface area contributed by atoms with Gasteiger partial charge in [0.2, 0.25) is 11.8 Å². The highest BCUT2D eigenvalue weighted by Crippen LogP contribution is 2.19. The van der Waals surface area contributed by atoms with Crippen LogP contribution in [0, 0.1) is 0 Å². The minimum Gasteiger partial charge on any atom is -0.471 e. The van der Waals surface area contributed by atoms with Crippen molar-refractivity contribution >= 4 is 29.1 Å². The third-order valence-electron chi connectivity index (χ3n) is 3.46. The third-order valence-corrected chi connectivity index (χ3v) is 3.93. The highest BCUT2D eigenvalue weighted by molar-refractivity contribution is 6.30. The minimum absolute atomic E-state index is 0.0113. The molecule has 0 unspecified atom stereocenters. The van der Waals surface area contributed by atoms with Gasteiger partial charge in [0.1, 0.15) is 6.10 Å². The number of amides is 1. The standard InChI is InChI=1S/C16H14Cl2N2O2/c17-12-3-1-11(2-4-12)7-16(21)20-9-14(10-20)22-15-6-5-13(18)8-19-15/h1-6,8,14H,7,9-10H2. The molecule has 0 spiro atoms. The lowest BCUT2D eigenvalue weighted by Crippen LogP contribution is -2.56. The van der Waals surface area contributed by atoms with Crippen molar-refractivity contribution in [3.63, 3.8) is 0 Å². The van der Waals surface area contributed by atoms with E-state index in [9.17, 15) is 4.79 Å². The van der Waals surface area contributed by atoms with Crippen LogP contribution in [0.5, 0.6) is 5.88 Å². The number of pyridine rings is 1. The summed E-state index contributed by atoms with van der Waals surface area (Å²) in [6.45, 7) is 1.16. The van der Waals surface area contributed by atoms with Gasteiger partial charge in [-0.3, -0.25) is 4.79 Å². The van der Waals surface area contributed by atoms with Crippen LogP contribution in [-0.2, 0) is 11.2 Å². The molecule has 1 aromatic carbocycles. The number of nitrogens with zero attached hydrogens (tertiary/aromatic N) is 2. The Kier molecular flexibility index (Phi) is 4.50. The van der Waals surface area contributed by atoms with Gasteiger partial charge in [0, 0.05) is 17.3 Å². The van der Waals surface area contributed by atoms with Gasteiger partial charge in [-0.1, -0.05) is 35.3 Å². The highest BCUT2D eigenvalue weighted by Gasteiger charge is 2.32. The predicted molar refractivity (Wildman–Crippen MR) is 85.4 cm³/mol. The SMILES string of the molecule is O=C(Cc1ccc(Cl)cc1)N1CC(Oc2ccc(Cl)cn2)C1. The van der Waals surface area contributed by atoms with Crippen molar-refractivity contribution in [3.05, 3.63) is 58.2 Å². The number of rotatable bonds is 4. The first-order valence-electron chi connectivity index (χ1n) is 6.90. The van der Waals surface area contributed by atoms with Crippen LogP contribution in [0.4, 0.5) is 0 Å². The maximum atomic E-state index is 12.1. The van der Waals surface area contributed by atoms with Gasteiger partial charge in [-0.05, 0) is 23.8 Å². The Morgan fingerprint density at radius 3 is 2.45 bits per heavy atom. The van der Waals surface area contributed by atoms with Crippen LogP contribution in [0.25, 0.3) is 0 Å². The normalized spacial score (nSPS) is 14.5. The van der Waals surface area contributed by atoms with E-state index in [0.29, 0.717) is 35.4 Å². The number of ether oxygens (including phenoxy) is 1. The van der Waals surface area contributed by atoms with Gasteiger partial charge < -0.3 is 9.64 Å². The molecule has 1 saturated heterocycles. The van der Waals surface area contributed by atoms with E-state index in [2.05, 4.69) is 4.98 Å². The number of benzene rings is 1. The van der Waals surface area contributed by atoms with Crippen LogP contribution in [0.1, 0.15) is 5.56 Å². The number of aromatic nitrogens is 1. The molecule has 1 aliphatic heterocycles. The Balaban J connectivity index is 1.47. The minimum atomic E-state index is -0.0113. The quantitative estimate of drug-likeness (QED) is 0.860. The molecule has 2 heterocycles. The zero-order valence-electron chi connectivity index (χ0n) is 11.7. The van der Waals surface area contributed by atoms with Crippen LogP contribution >= 0.6 is 23.2 Å². The van der Waals surface area contributed by atoms with Gasteiger partial charge in [0.15, 0.2) is 0 Å². The van der Waals surface area contributed by atoms with E-state index >= 15 is 0 Å². The molecule has 6 heteroatoms. The molecule has 0 bridgehead atoms. The second-order valence-electron chi connectivity index (χ2n) is 5.16. The summed E-state index contributed by atoms with van der Waals surface area (Å²) < 4.78 is 5.67. The molecule has 0 N–H and O–H groups in total. The summed E-state index contributed by atoms with van der Waals surface area (Å²) in [6, 6.07) is 10.8. The molecule has 0 radical (unpaired) electrons. The van der Waals surface area contributed by atoms with E-state index < -0.39 is 0 Å². The topological polar surface area (TPSA) is 42.4 Å². The molecule has 114 valence electrons. The maximum absolute atomic E-state index is 12.1. The third kappa shape index (κ3) is 3.70. The highest BCUT2D eigenvalue weighted by atomic mass is 35.5. The lowest BCUT2D eigenvalue weighted by atomic mass is 10.1. The largest absolute Gasteiger partial charge is 0.471 e. The van der Waals surface area contributed by atoms with E-state index in [1.54, 1.807) is 35.4 Å². The van der Waals surface area contributed by atoms with E-state index in [1.165, 1.54) is 0 Å². The Morgan fingerprint density at radius 2 is 1.82 bits per heavy atom. The summed E-state index contributed by atoms with van der Waals surface area (Å²) in [7, 11) is 0. The first-order chi connectivity index (χ1) is 10.6. The zero-order valence-corrected chi connectivity index (χ0v) is 13.2. The summed E-state index contributed by atoms with van der Waals surface area (Å²) in [5, 5.41) is 1.24. The summed E-state index contributed by atoms with van der Waals surface area (Å²) >= 11 is 11.6. The fraction of sp³-hybridized carbons (Fsp3) is 0.250. The zero-order chi connectivity index (χ0) is 15.5. The molecule has 1 amide bonds. The number of hydrogen-bond acceptors (Lipinski definition) is 3. The Hall–Kier alpha value is -1.78. The molecular weight excluding hydrogens is 323 g/mol. The number of halogens is 2. The molecule has 0 aliphatic carbocycles. The lowest BCUT2D eigenvalue weighted by Gasteiger charge is -2.38. The second-order valence-corrected chi connectivity index (χ2v) is 6.03. The smallest absolute Gasteiger partial charge is 0.227 e. The predicted octanol–water partition coefficient (Wildman–Crippen LogP) is 3.22. The Labute approximate surface area is 138 Å². The van der Waals surface area contributed by atoms with Crippen molar-refractivity contribution in [3.8, 4) is 5.88 Å². The summed E-state index contributed by atoms with van der Waals surface area (Å²) in [4.78, 5) is 18.0. The molecule has 0 atom stereocenters. The molecule has 4 nitrogen and oxygen atoms in total. The number of carbonyl (C=O) groups excluding carboxylic acids is 1. The average molecular weight is 337 g/mol. The van der Waals surface area contributed by atoms with Crippen molar-refractivity contribution in [2.24, 2.45) is 0 Å². The first kappa shape index (κ1) is 15.1. The summed E-state index contributed by atoms with van der Waals surface area (Å²) in [5.74, 6) is 0.616. The molecule has 1 aromatic heterocycles. The Morgan fingerprint density at radius 1 is 1.14 bits per heavy atom. The fourth-order valence-corrected chi connectivity index (χ4v) is 2.45. The van der Waals surface area contributed by atoms with Crippen molar-refractivity contribution in [1.29, 1.82) is 0 Å². The lowest BCUT2D eigenvalue weighted by molar-refractivity contribution is -0.139. The van der Waals surface area contributed by atoms with Gasteiger partial charge in [-0.2, -0.15) is 0 Å². The van der Waals surface area contributed by atoms with Gasteiger partial charge in [-0.15, -0.1) is 0 Å². The number of likely N-dealkylation sites (tertiary alicyclic amines) is 1. The molecule has 1 fully saturated rings. The molecule has 3 rings (SSSR count). The van der Waals surface area contributed by atoms with Gasteiger partial charge in [-0.25, -0.2) is 4.98 Å². The fourth-order valence-electron chi connectivity index (χ4n) is 2.21. The van der Waals surface area contributed by atoms with Crippen LogP contribution < -0.4 is 4.74 Å². The summed E-state index contributed by atoms with van der Waals surface area (Å²) in [6.07, 6.45) is 1.91. The van der Waals surface area contributed by atoms with Crippen LogP contribution in [0.3, 0.4) is 0 Å². The van der Waals surface area contributed by atoms with Crippen LogP contribution in [-0.4, -0.2) is 35.0 Å². The molecule has 0 saturated carbocycles. The van der Waals surface area contributed by atoms with Gasteiger partial charge in [0.05, 0.1) is 24.5 Å². The van der Waals surface area contributed by atoms with Gasteiger partial charge >= 0.3 is 0 Å². The van der Waals surface area contributed by atoms with Crippen molar-refractivity contribution in [1.82, 2.24) is 9.88 Å². The maximum Gasteiger partial charge on any atom is 0.227 e. The molecule has 2 aromatic rings. The average Bonchev–Trinajstić information content (AvgIpc) is 2.46. The van der Waals surface area contributed by atoms with E-state index in [4.69, 9.17) is 27.9 Å².